The van der Waals surface area contributed by atoms with Crippen molar-refractivity contribution < 1.29 is 9.47 Å². The summed E-state index contributed by atoms with van der Waals surface area (Å²) in [6.45, 7) is 0.241. The SMILES string of the molecule is COCc1nc(N)cc(Oc2cc(Cl)ccc2Cl)n1. The number of benzene rings is 1. The fraction of sp³-hybridized carbons (Fsp3) is 0.167. The predicted octanol–water partition coefficient (Wildman–Crippen LogP) is 3.30. The average molecular weight is 300 g/mol. The van der Waals surface area contributed by atoms with Gasteiger partial charge in [-0.1, -0.05) is 23.2 Å². The molecule has 2 N–H and O–H groups in total. The molecule has 0 aliphatic rings. The van der Waals surface area contributed by atoms with E-state index in [4.69, 9.17) is 38.4 Å². The molecule has 1 heterocycles. The molecule has 19 heavy (non-hydrogen) atoms. The lowest BCUT2D eigenvalue weighted by atomic mass is 10.3. The third-order valence-electron chi connectivity index (χ3n) is 2.15. The molecule has 0 saturated carbocycles. The standard InChI is InChI=1S/C12H11Cl2N3O2/c1-18-6-11-16-10(15)5-12(17-11)19-9-4-7(13)2-3-8(9)14/h2-5H,6H2,1H3,(H2,15,16,17). The van der Waals surface area contributed by atoms with Crippen LogP contribution in [0.1, 0.15) is 5.82 Å². The number of nitrogen functional groups attached to an aromatic ring is 1. The van der Waals surface area contributed by atoms with Gasteiger partial charge in [0.25, 0.3) is 0 Å². The van der Waals surface area contributed by atoms with Crippen molar-refractivity contribution >= 4 is 29.0 Å². The van der Waals surface area contributed by atoms with Gasteiger partial charge in [-0.05, 0) is 12.1 Å². The van der Waals surface area contributed by atoms with Crippen LogP contribution in [-0.4, -0.2) is 17.1 Å². The van der Waals surface area contributed by atoms with E-state index < -0.39 is 0 Å². The molecule has 0 fully saturated rings. The van der Waals surface area contributed by atoms with E-state index in [9.17, 15) is 0 Å². The summed E-state index contributed by atoms with van der Waals surface area (Å²) in [6, 6.07) is 6.40. The zero-order valence-electron chi connectivity index (χ0n) is 10.1. The fourth-order valence-electron chi connectivity index (χ4n) is 1.41. The van der Waals surface area contributed by atoms with Crippen LogP contribution in [0.4, 0.5) is 5.82 Å². The van der Waals surface area contributed by atoms with Gasteiger partial charge < -0.3 is 15.2 Å². The molecule has 2 aromatic rings. The molecular formula is C12H11Cl2N3O2. The van der Waals surface area contributed by atoms with E-state index in [1.807, 2.05) is 0 Å². The highest BCUT2D eigenvalue weighted by molar-refractivity contribution is 6.34. The Kier molecular flexibility index (Phi) is 4.42. The fourth-order valence-corrected chi connectivity index (χ4v) is 1.72. The zero-order chi connectivity index (χ0) is 13.8. The second-order valence-electron chi connectivity index (χ2n) is 3.66. The lowest BCUT2D eigenvalue weighted by molar-refractivity contribution is 0.177. The van der Waals surface area contributed by atoms with E-state index in [0.29, 0.717) is 21.6 Å². The van der Waals surface area contributed by atoms with Gasteiger partial charge in [0.2, 0.25) is 5.88 Å². The lowest BCUT2D eigenvalue weighted by Crippen LogP contribution is -2.02. The van der Waals surface area contributed by atoms with Gasteiger partial charge in [-0.25, -0.2) is 4.98 Å². The van der Waals surface area contributed by atoms with Gasteiger partial charge in [-0.3, -0.25) is 0 Å². The van der Waals surface area contributed by atoms with Crippen molar-refractivity contribution in [2.45, 2.75) is 6.61 Å². The summed E-state index contributed by atoms with van der Waals surface area (Å²) in [4.78, 5) is 8.16. The highest BCUT2D eigenvalue weighted by Gasteiger charge is 2.08. The van der Waals surface area contributed by atoms with Crippen LogP contribution in [0.15, 0.2) is 24.3 Å². The van der Waals surface area contributed by atoms with Crippen molar-refractivity contribution in [2.24, 2.45) is 0 Å². The van der Waals surface area contributed by atoms with Crippen molar-refractivity contribution in [1.29, 1.82) is 0 Å². The number of hydrogen-bond acceptors (Lipinski definition) is 5. The number of nitrogens with two attached hydrogens (primary N) is 1. The molecule has 7 heteroatoms. The van der Waals surface area contributed by atoms with E-state index in [2.05, 4.69) is 9.97 Å². The summed E-state index contributed by atoms with van der Waals surface area (Å²) < 4.78 is 10.5. The van der Waals surface area contributed by atoms with Gasteiger partial charge in [0.1, 0.15) is 18.2 Å². The normalized spacial score (nSPS) is 10.5. The maximum absolute atomic E-state index is 6.00. The van der Waals surface area contributed by atoms with Crippen molar-refractivity contribution in [3.63, 3.8) is 0 Å². The van der Waals surface area contributed by atoms with Crippen molar-refractivity contribution in [3.05, 3.63) is 40.1 Å². The maximum atomic E-state index is 6.00. The molecule has 5 nitrogen and oxygen atoms in total. The van der Waals surface area contributed by atoms with Gasteiger partial charge in [0.05, 0.1) is 5.02 Å². The Labute approximate surface area is 120 Å². The van der Waals surface area contributed by atoms with Crippen LogP contribution in [0.2, 0.25) is 10.0 Å². The molecule has 0 bridgehead atoms. The Morgan fingerprint density at radius 2 is 2.00 bits per heavy atom. The van der Waals surface area contributed by atoms with Crippen LogP contribution in [0.5, 0.6) is 11.6 Å². The van der Waals surface area contributed by atoms with Crippen molar-refractivity contribution in [3.8, 4) is 11.6 Å². The minimum atomic E-state index is 0.241. The van der Waals surface area contributed by atoms with Gasteiger partial charge in [0, 0.05) is 24.3 Å². The second-order valence-corrected chi connectivity index (χ2v) is 4.50. The number of hydrogen-bond donors (Lipinski definition) is 1. The molecule has 0 aliphatic heterocycles. The molecular weight excluding hydrogens is 289 g/mol. The molecule has 0 unspecified atom stereocenters. The van der Waals surface area contributed by atoms with E-state index >= 15 is 0 Å². The van der Waals surface area contributed by atoms with Crippen LogP contribution in [-0.2, 0) is 11.3 Å². The molecule has 0 radical (unpaired) electrons. The third kappa shape index (κ3) is 3.70. The quantitative estimate of drug-likeness (QED) is 0.938. The first-order valence-electron chi connectivity index (χ1n) is 5.34. The Hall–Kier alpha value is -1.56. The molecule has 0 saturated heterocycles. The number of ether oxygens (including phenoxy) is 2. The lowest BCUT2D eigenvalue weighted by Gasteiger charge is -2.08. The number of rotatable bonds is 4. The first kappa shape index (κ1) is 13.9. The van der Waals surface area contributed by atoms with Crippen molar-refractivity contribution in [2.75, 3.05) is 12.8 Å². The average Bonchev–Trinajstić information content (AvgIpc) is 2.33. The molecule has 0 aliphatic carbocycles. The minimum absolute atomic E-state index is 0.241. The van der Waals surface area contributed by atoms with E-state index in [-0.39, 0.29) is 18.3 Å². The largest absolute Gasteiger partial charge is 0.437 e. The second kappa shape index (κ2) is 6.06. The van der Waals surface area contributed by atoms with E-state index in [1.54, 1.807) is 25.3 Å². The highest BCUT2D eigenvalue weighted by Crippen LogP contribution is 2.31. The number of nitrogens with zero attached hydrogens (tertiary/aromatic N) is 2. The molecule has 1 aromatic heterocycles. The summed E-state index contributed by atoms with van der Waals surface area (Å²) in [5.74, 6) is 1.39. The highest BCUT2D eigenvalue weighted by atomic mass is 35.5. The first-order chi connectivity index (χ1) is 9.08. The van der Waals surface area contributed by atoms with Crippen LogP contribution < -0.4 is 10.5 Å². The molecule has 0 spiro atoms. The summed E-state index contributed by atoms with van der Waals surface area (Å²) in [5.41, 5.74) is 5.67. The number of halogens is 2. The Bertz CT molecular complexity index is 593. The Morgan fingerprint density at radius 3 is 2.74 bits per heavy atom. The molecule has 1 aromatic carbocycles. The van der Waals surface area contributed by atoms with Gasteiger partial charge in [0.15, 0.2) is 5.82 Å². The van der Waals surface area contributed by atoms with Crippen LogP contribution in [0.3, 0.4) is 0 Å². The van der Waals surface area contributed by atoms with Gasteiger partial charge in [-0.15, -0.1) is 0 Å². The maximum Gasteiger partial charge on any atom is 0.224 e. The molecule has 0 atom stereocenters. The van der Waals surface area contributed by atoms with Crippen LogP contribution >= 0.6 is 23.2 Å². The van der Waals surface area contributed by atoms with Gasteiger partial charge in [-0.2, -0.15) is 4.98 Å². The smallest absolute Gasteiger partial charge is 0.224 e. The number of aromatic nitrogens is 2. The number of methoxy groups -OCH3 is 1. The van der Waals surface area contributed by atoms with Gasteiger partial charge >= 0.3 is 0 Å². The summed E-state index contributed by atoms with van der Waals surface area (Å²) in [6.07, 6.45) is 0. The third-order valence-corrected chi connectivity index (χ3v) is 2.70. The zero-order valence-corrected chi connectivity index (χ0v) is 11.6. The van der Waals surface area contributed by atoms with Crippen LogP contribution in [0, 0.1) is 0 Å². The van der Waals surface area contributed by atoms with Crippen LogP contribution in [0.25, 0.3) is 0 Å². The number of anilines is 1. The predicted molar refractivity (Wildman–Crippen MR) is 73.7 cm³/mol. The molecule has 100 valence electrons. The molecule has 2 rings (SSSR count). The summed E-state index contributed by atoms with van der Waals surface area (Å²) in [7, 11) is 1.54. The minimum Gasteiger partial charge on any atom is -0.437 e. The Balaban J connectivity index is 2.29. The topological polar surface area (TPSA) is 70.3 Å². The summed E-state index contributed by atoms with van der Waals surface area (Å²) in [5, 5.41) is 0.938. The molecule has 0 amide bonds. The Morgan fingerprint density at radius 1 is 1.21 bits per heavy atom. The van der Waals surface area contributed by atoms with E-state index in [1.165, 1.54) is 6.07 Å². The first-order valence-corrected chi connectivity index (χ1v) is 6.09. The van der Waals surface area contributed by atoms with E-state index in [0.717, 1.165) is 0 Å². The summed E-state index contributed by atoms with van der Waals surface area (Å²) >= 11 is 11.9. The van der Waals surface area contributed by atoms with Crippen molar-refractivity contribution in [1.82, 2.24) is 9.97 Å². The monoisotopic (exact) mass is 299 g/mol.